The molecule has 1 aromatic carbocycles. The summed E-state index contributed by atoms with van der Waals surface area (Å²) in [5.41, 5.74) is -4.61. The molecule has 0 N–H and O–H groups in total. The molecule has 0 spiro atoms. The maximum Gasteiger partial charge on any atom is 0.453 e. The molecule has 1 aromatic rings. The number of rotatable bonds is 9. The first-order valence-electron chi connectivity index (χ1n) is 13.0. The van der Waals surface area contributed by atoms with Crippen molar-refractivity contribution in [3.63, 3.8) is 0 Å². The molecular formula is C26H27F8N3O4S. The van der Waals surface area contributed by atoms with Crippen LogP contribution in [0.3, 0.4) is 0 Å². The van der Waals surface area contributed by atoms with Crippen molar-refractivity contribution < 1.29 is 54.0 Å². The van der Waals surface area contributed by atoms with E-state index in [-0.39, 0.29) is 30.3 Å². The number of likely N-dealkylation sites (tertiary alicyclic amines) is 1. The topological polar surface area (TPSA) is 96.7 Å². The number of fused-ring (bicyclic) bond motifs is 5. The monoisotopic (exact) mass is 629 g/mol. The van der Waals surface area contributed by atoms with Gasteiger partial charge in [-0.15, -0.1) is 0 Å². The van der Waals surface area contributed by atoms with Crippen LogP contribution in [0.1, 0.15) is 44.2 Å². The summed E-state index contributed by atoms with van der Waals surface area (Å²) in [6.45, 7) is 3.87. The molecule has 0 aromatic heterocycles. The fourth-order valence-electron chi connectivity index (χ4n) is 6.33. The van der Waals surface area contributed by atoms with Gasteiger partial charge in [0.2, 0.25) is 11.8 Å². The van der Waals surface area contributed by atoms with Crippen molar-refractivity contribution in [3.8, 4) is 6.07 Å². The molecule has 3 aliphatic rings. The molecule has 7 nitrogen and oxygen atoms in total. The van der Waals surface area contributed by atoms with Crippen LogP contribution in [0, 0.1) is 23.2 Å². The molecule has 232 valence electrons. The lowest BCUT2D eigenvalue weighted by Gasteiger charge is -2.45. The number of hydrogen-bond donors (Lipinski definition) is 0. The molecule has 0 aliphatic carbocycles. The Kier molecular flexibility index (Phi) is 8.42. The predicted octanol–water partition coefficient (Wildman–Crippen LogP) is 4.66. The number of anilines is 1. The van der Waals surface area contributed by atoms with Crippen LogP contribution in [-0.4, -0.2) is 75.7 Å². The molecule has 3 fully saturated rings. The summed E-state index contributed by atoms with van der Waals surface area (Å²) in [5, 5.41) is 9.06. The lowest BCUT2D eigenvalue weighted by atomic mass is 9.79. The van der Waals surface area contributed by atoms with Gasteiger partial charge in [-0.3, -0.25) is 14.5 Å². The third kappa shape index (κ3) is 5.85. The van der Waals surface area contributed by atoms with Gasteiger partial charge in [-0.2, -0.15) is 40.4 Å². The summed E-state index contributed by atoms with van der Waals surface area (Å²) in [6.07, 6.45) is -12.3. The summed E-state index contributed by atoms with van der Waals surface area (Å²) in [4.78, 5) is 29.7. The second-order valence-electron chi connectivity index (χ2n) is 11.3. The average Bonchev–Trinajstić information content (AvgIpc) is 3.22. The molecule has 0 radical (unpaired) electrons. The first-order chi connectivity index (χ1) is 19.2. The highest BCUT2D eigenvalue weighted by Crippen LogP contribution is 2.55. The van der Waals surface area contributed by atoms with Crippen LogP contribution in [0.4, 0.5) is 40.8 Å². The van der Waals surface area contributed by atoms with E-state index in [1.165, 1.54) is 6.07 Å². The Morgan fingerprint density at radius 2 is 1.55 bits per heavy atom. The third-order valence-electron chi connectivity index (χ3n) is 7.97. The normalized spacial score (nSPS) is 29.1. The molecule has 3 heterocycles. The van der Waals surface area contributed by atoms with Crippen molar-refractivity contribution >= 4 is 28.7 Å². The van der Waals surface area contributed by atoms with E-state index in [1.54, 1.807) is 13.8 Å². The Balaban J connectivity index is 1.41. The third-order valence-corrected chi connectivity index (χ3v) is 9.46. The van der Waals surface area contributed by atoms with Crippen LogP contribution in [0.15, 0.2) is 18.2 Å². The summed E-state index contributed by atoms with van der Waals surface area (Å²) in [7, 11) is 0. The van der Waals surface area contributed by atoms with E-state index in [2.05, 4.69) is 0 Å². The van der Waals surface area contributed by atoms with E-state index in [0.29, 0.717) is 23.9 Å². The number of benzene rings is 1. The highest BCUT2D eigenvalue weighted by atomic mass is 32.2. The fraction of sp³-hybridized carbons (Fsp3) is 0.654. The zero-order valence-electron chi connectivity index (χ0n) is 22.5. The second-order valence-corrected chi connectivity index (χ2v) is 12.9. The summed E-state index contributed by atoms with van der Waals surface area (Å²) in [6, 6.07) is 4.07. The number of morpholine rings is 1. The minimum atomic E-state index is -5.66. The van der Waals surface area contributed by atoms with Crippen LogP contribution in [0.5, 0.6) is 0 Å². The van der Waals surface area contributed by atoms with Gasteiger partial charge < -0.3 is 9.29 Å². The molecule has 42 heavy (non-hydrogen) atoms. The van der Waals surface area contributed by atoms with E-state index in [9.17, 15) is 49.3 Å². The van der Waals surface area contributed by atoms with Gasteiger partial charge in [0.05, 0.1) is 45.9 Å². The van der Waals surface area contributed by atoms with Gasteiger partial charge in [0.1, 0.15) is 11.5 Å². The van der Waals surface area contributed by atoms with Crippen molar-refractivity contribution in [2.24, 2.45) is 11.8 Å². The standard InChI is InChI=1S/C26H27F8N3O4S/c1-22-13-36(8-4-10-42(40)9-3-7-24(27,28)26(32,33)34)14-23(2,41-22)19-18(22)20(38)37(21(19)39)16-6-5-15(12-35)17(11-16)25(29,30)31/h5-6,11,18-19H,3-4,7-10,13-14H2,1-2H3/t18-,19+,22+,23-,42?. The van der Waals surface area contributed by atoms with Crippen molar-refractivity contribution in [1.82, 2.24) is 4.90 Å². The number of ether oxygens (including phenoxy) is 1. The minimum absolute atomic E-state index is 0.0428. The molecule has 2 bridgehead atoms. The molecule has 2 amide bonds. The lowest BCUT2D eigenvalue weighted by molar-refractivity contribution is -0.284. The Morgan fingerprint density at radius 3 is 2.05 bits per heavy atom. The summed E-state index contributed by atoms with van der Waals surface area (Å²) >= 11 is -1.64. The molecule has 3 saturated heterocycles. The van der Waals surface area contributed by atoms with Crippen LogP contribution >= 0.6 is 0 Å². The van der Waals surface area contributed by atoms with E-state index in [1.807, 2.05) is 4.90 Å². The second kappa shape index (κ2) is 10.9. The molecular weight excluding hydrogens is 602 g/mol. The fourth-order valence-corrected chi connectivity index (χ4v) is 7.45. The molecule has 0 saturated carbocycles. The summed E-state index contributed by atoms with van der Waals surface area (Å²) in [5.74, 6) is -8.60. The Labute approximate surface area is 238 Å². The maximum absolute atomic E-state index is 13.5. The number of imide groups is 1. The number of carbonyl (C=O) groups is 2. The van der Waals surface area contributed by atoms with Crippen molar-refractivity contribution in [2.45, 2.75) is 62.6 Å². The molecule has 16 heteroatoms. The molecule has 4 rings (SSSR count). The van der Waals surface area contributed by atoms with Crippen molar-refractivity contribution in [2.75, 3.05) is 36.0 Å². The Hall–Kier alpha value is -2.48. The van der Waals surface area contributed by atoms with Crippen molar-refractivity contribution in [3.05, 3.63) is 29.3 Å². The average molecular weight is 630 g/mol. The van der Waals surface area contributed by atoms with Gasteiger partial charge in [-0.25, -0.2) is 4.90 Å². The van der Waals surface area contributed by atoms with E-state index in [4.69, 9.17) is 10.00 Å². The van der Waals surface area contributed by atoms with E-state index in [0.717, 1.165) is 12.1 Å². The van der Waals surface area contributed by atoms with Crippen LogP contribution in [-0.2, 0) is 31.7 Å². The minimum Gasteiger partial charge on any atom is -0.616 e. The SMILES string of the molecule is C[C@]12CN(CCC[S+]([O-])CCCC(F)(F)C(F)(F)F)C[C@](C)(O1)[C@H]1C(=O)N(c3ccc(C#N)c(C(F)(F)F)c3)C(=O)[C@H]12. The van der Waals surface area contributed by atoms with Gasteiger partial charge in [-0.1, -0.05) is 11.2 Å². The number of halogens is 8. The van der Waals surface area contributed by atoms with Gasteiger partial charge in [0.15, 0.2) is 0 Å². The van der Waals surface area contributed by atoms with Crippen LogP contribution < -0.4 is 4.90 Å². The largest absolute Gasteiger partial charge is 0.616 e. The highest BCUT2D eigenvalue weighted by molar-refractivity contribution is 7.91. The van der Waals surface area contributed by atoms with Gasteiger partial charge in [0, 0.05) is 32.5 Å². The lowest BCUT2D eigenvalue weighted by Crippen LogP contribution is -2.58. The number of nitrogens with zero attached hydrogens (tertiary/aromatic N) is 3. The molecule has 3 aliphatic heterocycles. The van der Waals surface area contributed by atoms with Gasteiger partial charge in [0.25, 0.3) is 0 Å². The zero-order valence-corrected chi connectivity index (χ0v) is 23.3. The first kappa shape index (κ1) is 32.4. The van der Waals surface area contributed by atoms with Gasteiger partial charge >= 0.3 is 18.3 Å². The van der Waals surface area contributed by atoms with Crippen LogP contribution in [0.25, 0.3) is 0 Å². The smallest absolute Gasteiger partial charge is 0.453 e. The van der Waals surface area contributed by atoms with Gasteiger partial charge in [-0.05, 0) is 38.5 Å². The first-order valence-corrected chi connectivity index (χ1v) is 14.4. The number of alkyl halides is 8. The number of amides is 2. The van der Waals surface area contributed by atoms with Crippen LogP contribution in [0.2, 0.25) is 0 Å². The number of carbonyl (C=O) groups excluding carboxylic acids is 2. The zero-order chi connectivity index (χ0) is 31.5. The number of hydrogen-bond acceptors (Lipinski definition) is 6. The molecule has 5 atom stereocenters. The Morgan fingerprint density at radius 1 is 1.00 bits per heavy atom. The maximum atomic E-state index is 13.5. The predicted molar refractivity (Wildman–Crippen MR) is 133 cm³/mol. The molecule has 1 unspecified atom stereocenters. The van der Waals surface area contributed by atoms with E-state index >= 15 is 0 Å². The summed E-state index contributed by atoms with van der Waals surface area (Å²) < 4.78 is 122. The quantitative estimate of drug-likeness (QED) is 0.224. The van der Waals surface area contributed by atoms with E-state index < -0.39 is 88.3 Å². The van der Waals surface area contributed by atoms with Crippen molar-refractivity contribution in [1.29, 1.82) is 5.26 Å². The highest BCUT2D eigenvalue weighted by Gasteiger charge is 2.71. The number of nitriles is 1. The Bertz CT molecular complexity index is 1250.